The Morgan fingerprint density at radius 2 is 1.84 bits per heavy atom. The number of phenols is 1. The SMILES string of the molecule is COc1cccc(C=NC[C@]2(O)CC[C@@H]3[C@@H]4CC[C@@H]5CCCC[C@]5(C)[C@H]4CC[C@@]32C)c1O. The molecule has 0 bridgehead atoms. The maximum atomic E-state index is 11.9. The number of nitrogens with zero attached hydrogens (tertiary/aromatic N) is 1. The Balaban J connectivity index is 1.34. The molecule has 4 heteroatoms. The lowest BCUT2D eigenvalue weighted by Crippen LogP contribution is -2.56. The Labute approximate surface area is 193 Å². The van der Waals surface area contributed by atoms with Crippen molar-refractivity contribution in [2.45, 2.75) is 83.7 Å². The van der Waals surface area contributed by atoms with Gasteiger partial charge >= 0.3 is 0 Å². The van der Waals surface area contributed by atoms with E-state index in [2.05, 4.69) is 18.8 Å². The average Bonchev–Trinajstić information content (AvgIpc) is 3.05. The molecule has 0 saturated heterocycles. The molecule has 176 valence electrons. The molecule has 2 N–H and O–H groups in total. The summed E-state index contributed by atoms with van der Waals surface area (Å²) in [5.41, 5.74) is 0.364. The number of methoxy groups -OCH3 is 1. The molecular weight excluding hydrogens is 398 g/mol. The fourth-order valence-corrected chi connectivity index (χ4v) is 8.77. The number of hydrogen-bond donors (Lipinski definition) is 2. The van der Waals surface area contributed by atoms with Gasteiger partial charge in [0.15, 0.2) is 11.5 Å². The molecule has 0 amide bonds. The molecule has 0 unspecified atom stereocenters. The summed E-state index contributed by atoms with van der Waals surface area (Å²) < 4.78 is 5.21. The van der Waals surface area contributed by atoms with Gasteiger partial charge in [-0.25, -0.2) is 0 Å². The molecule has 7 atom stereocenters. The van der Waals surface area contributed by atoms with E-state index in [0.717, 1.165) is 37.0 Å². The van der Waals surface area contributed by atoms with Crippen LogP contribution in [-0.2, 0) is 0 Å². The maximum absolute atomic E-state index is 11.9. The smallest absolute Gasteiger partial charge is 0.166 e. The molecule has 4 fully saturated rings. The van der Waals surface area contributed by atoms with Gasteiger partial charge in [0.05, 0.1) is 19.3 Å². The molecular formula is C28H41NO3. The molecule has 1 aromatic carbocycles. The number of fused-ring (bicyclic) bond motifs is 5. The van der Waals surface area contributed by atoms with E-state index in [1.807, 2.05) is 12.1 Å². The van der Waals surface area contributed by atoms with Gasteiger partial charge in [0.1, 0.15) is 0 Å². The van der Waals surface area contributed by atoms with Crippen LogP contribution in [0.3, 0.4) is 0 Å². The second-order valence-electron chi connectivity index (χ2n) is 11.8. The van der Waals surface area contributed by atoms with Crippen LogP contribution < -0.4 is 4.74 Å². The number of ether oxygens (including phenoxy) is 1. The Bertz CT molecular complexity index is 883. The number of rotatable bonds is 4. The van der Waals surface area contributed by atoms with Crippen molar-refractivity contribution < 1.29 is 14.9 Å². The number of benzene rings is 1. The first kappa shape index (κ1) is 22.3. The molecule has 4 aliphatic carbocycles. The average molecular weight is 440 g/mol. The van der Waals surface area contributed by atoms with Crippen LogP contribution in [0.5, 0.6) is 11.5 Å². The van der Waals surface area contributed by atoms with E-state index < -0.39 is 5.60 Å². The van der Waals surface area contributed by atoms with Crippen LogP contribution in [0.4, 0.5) is 0 Å². The van der Waals surface area contributed by atoms with Crippen LogP contribution in [0.1, 0.15) is 83.6 Å². The molecule has 5 rings (SSSR count). The van der Waals surface area contributed by atoms with Crippen LogP contribution in [0.25, 0.3) is 0 Å². The van der Waals surface area contributed by atoms with Gasteiger partial charge in [-0.2, -0.15) is 0 Å². The zero-order valence-corrected chi connectivity index (χ0v) is 20.1. The van der Waals surface area contributed by atoms with Gasteiger partial charge in [-0.15, -0.1) is 0 Å². The predicted molar refractivity (Wildman–Crippen MR) is 128 cm³/mol. The third kappa shape index (κ3) is 3.23. The highest BCUT2D eigenvalue weighted by molar-refractivity contribution is 5.84. The largest absolute Gasteiger partial charge is 0.504 e. The standard InChI is InChI=1S/C28H41NO3/c1-26-14-5-4-8-20(26)10-11-21-22(26)12-15-27(2)23(21)13-16-28(27,31)18-29-17-19-7-6-9-24(32-3)25(19)30/h6-7,9,17,20-23,30-31H,4-5,8,10-16,18H2,1-3H3/t20-,21+,22-,23+,26-,27-,28+/m0/s1. The highest BCUT2D eigenvalue weighted by Gasteiger charge is 2.64. The van der Waals surface area contributed by atoms with E-state index in [1.165, 1.54) is 44.9 Å². The summed E-state index contributed by atoms with van der Waals surface area (Å²) in [4.78, 5) is 4.66. The first-order valence-electron chi connectivity index (χ1n) is 12.9. The van der Waals surface area contributed by atoms with E-state index in [1.54, 1.807) is 19.4 Å². The zero-order valence-electron chi connectivity index (χ0n) is 20.1. The summed E-state index contributed by atoms with van der Waals surface area (Å²) in [5, 5.41) is 22.2. The molecule has 0 radical (unpaired) electrons. The topological polar surface area (TPSA) is 62.0 Å². The lowest BCUT2D eigenvalue weighted by atomic mass is 9.44. The van der Waals surface area contributed by atoms with Gasteiger partial charge in [-0.3, -0.25) is 4.99 Å². The fourth-order valence-electron chi connectivity index (χ4n) is 8.77. The molecule has 32 heavy (non-hydrogen) atoms. The number of aliphatic hydroxyl groups is 1. The second-order valence-corrected chi connectivity index (χ2v) is 11.8. The van der Waals surface area contributed by atoms with Crippen molar-refractivity contribution in [3.8, 4) is 11.5 Å². The molecule has 4 aliphatic rings. The number of para-hydroxylation sites is 1. The second kappa shape index (κ2) is 8.04. The lowest BCUT2D eigenvalue weighted by Gasteiger charge is -2.61. The maximum Gasteiger partial charge on any atom is 0.166 e. The predicted octanol–water partition coefficient (Wildman–Crippen LogP) is 5.98. The number of phenolic OH excluding ortho intramolecular Hbond substituents is 1. The summed E-state index contributed by atoms with van der Waals surface area (Å²) in [7, 11) is 1.55. The van der Waals surface area contributed by atoms with E-state index >= 15 is 0 Å². The number of aliphatic imine (C=N–C) groups is 1. The van der Waals surface area contributed by atoms with Gasteiger partial charge in [0.25, 0.3) is 0 Å². The summed E-state index contributed by atoms with van der Waals surface area (Å²) in [6, 6.07) is 5.42. The van der Waals surface area contributed by atoms with E-state index in [0.29, 0.717) is 29.2 Å². The van der Waals surface area contributed by atoms with Crippen molar-refractivity contribution in [2.75, 3.05) is 13.7 Å². The van der Waals surface area contributed by atoms with Crippen molar-refractivity contribution in [3.05, 3.63) is 23.8 Å². The number of hydrogen-bond acceptors (Lipinski definition) is 4. The molecule has 4 nitrogen and oxygen atoms in total. The van der Waals surface area contributed by atoms with Crippen molar-refractivity contribution in [1.29, 1.82) is 0 Å². The number of aromatic hydroxyl groups is 1. The van der Waals surface area contributed by atoms with Crippen molar-refractivity contribution >= 4 is 6.21 Å². The molecule has 1 aromatic rings. The van der Waals surface area contributed by atoms with Crippen LogP contribution in [-0.4, -0.2) is 35.7 Å². The van der Waals surface area contributed by atoms with E-state index in [-0.39, 0.29) is 11.2 Å². The van der Waals surface area contributed by atoms with Crippen LogP contribution in [0.2, 0.25) is 0 Å². The molecule has 0 heterocycles. The van der Waals surface area contributed by atoms with Crippen LogP contribution in [0.15, 0.2) is 23.2 Å². The van der Waals surface area contributed by atoms with Gasteiger partial charge in [0, 0.05) is 17.2 Å². The highest BCUT2D eigenvalue weighted by Crippen LogP contribution is 2.68. The summed E-state index contributed by atoms with van der Waals surface area (Å²) in [5.74, 6) is 3.73. The Morgan fingerprint density at radius 3 is 2.66 bits per heavy atom. The third-order valence-electron chi connectivity index (χ3n) is 10.7. The Kier molecular flexibility index (Phi) is 5.59. The van der Waals surface area contributed by atoms with Crippen LogP contribution >= 0.6 is 0 Å². The van der Waals surface area contributed by atoms with Crippen molar-refractivity contribution in [2.24, 2.45) is 39.5 Å². The first-order valence-corrected chi connectivity index (χ1v) is 12.9. The van der Waals surface area contributed by atoms with Crippen LogP contribution in [0, 0.1) is 34.5 Å². The Morgan fingerprint density at radius 1 is 1.03 bits per heavy atom. The summed E-state index contributed by atoms with van der Waals surface area (Å²) in [6.07, 6.45) is 14.5. The quantitative estimate of drug-likeness (QED) is 0.567. The Hall–Kier alpha value is -1.55. The monoisotopic (exact) mass is 439 g/mol. The van der Waals surface area contributed by atoms with E-state index in [9.17, 15) is 10.2 Å². The normalized spacial score (nSPS) is 43.5. The minimum absolute atomic E-state index is 0.0558. The molecule has 0 spiro atoms. The highest BCUT2D eigenvalue weighted by atomic mass is 16.5. The molecule has 0 aliphatic heterocycles. The first-order chi connectivity index (χ1) is 15.3. The van der Waals surface area contributed by atoms with Gasteiger partial charge in [-0.1, -0.05) is 32.8 Å². The lowest BCUT2D eigenvalue weighted by molar-refractivity contribution is -0.147. The minimum atomic E-state index is -0.752. The van der Waals surface area contributed by atoms with Gasteiger partial charge in [-0.05, 0) is 92.6 Å². The fraction of sp³-hybridized carbons (Fsp3) is 0.750. The van der Waals surface area contributed by atoms with E-state index in [4.69, 9.17) is 4.74 Å². The summed E-state index contributed by atoms with van der Waals surface area (Å²) in [6.45, 7) is 5.38. The zero-order chi connectivity index (χ0) is 22.6. The van der Waals surface area contributed by atoms with Crippen molar-refractivity contribution in [3.63, 3.8) is 0 Å². The third-order valence-corrected chi connectivity index (χ3v) is 10.7. The summed E-state index contributed by atoms with van der Waals surface area (Å²) >= 11 is 0. The van der Waals surface area contributed by atoms with Crippen molar-refractivity contribution in [1.82, 2.24) is 0 Å². The molecule has 0 aromatic heterocycles. The van der Waals surface area contributed by atoms with Gasteiger partial charge < -0.3 is 14.9 Å². The van der Waals surface area contributed by atoms with Gasteiger partial charge in [0.2, 0.25) is 0 Å². The minimum Gasteiger partial charge on any atom is -0.504 e. The molecule has 4 saturated carbocycles.